The van der Waals surface area contributed by atoms with Crippen LogP contribution in [-0.2, 0) is 4.79 Å². The second-order valence-corrected chi connectivity index (χ2v) is 5.47. The Kier molecular flexibility index (Phi) is 6.11. The number of carbonyl (C=O) groups is 2. The number of rotatable bonds is 6. The van der Waals surface area contributed by atoms with Crippen LogP contribution in [0.25, 0.3) is 0 Å². The Morgan fingerprint density at radius 2 is 2.00 bits per heavy atom. The fourth-order valence-corrected chi connectivity index (χ4v) is 2.28. The number of halogens is 1. The van der Waals surface area contributed by atoms with Gasteiger partial charge in [-0.25, -0.2) is 0 Å². The normalized spacial score (nSPS) is 11.6. The summed E-state index contributed by atoms with van der Waals surface area (Å²) in [7, 11) is 0. The monoisotopic (exact) mass is 331 g/mol. The van der Waals surface area contributed by atoms with Crippen molar-refractivity contribution in [2.75, 3.05) is 6.54 Å². The summed E-state index contributed by atoms with van der Waals surface area (Å²) in [5, 5.41) is 5.94. The maximum Gasteiger partial charge on any atom is 0.252 e. The van der Waals surface area contributed by atoms with Gasteiger partial charge in [0, 0.05) is 25.4 Å². The standard InChI is InChI=1S/C17H18ClN3O2/c1-12(13-5-4-9-19-11-13)21-16(22)8-10-20-17(23)14-6-2-3-7-15(14)18/h2-7,9,11-12H,8,10H2,1H3,(H,20,23)(H,21,22)/t12-/m1/s1. The van der Waals surface area contributed by atoms with E-state index >= 15 is 0 Å². The molecule has 23 heavy (non-hydrogen) atoms. The summed E-state index contributed by atoms with van der Waals surface area (Å²) < 4.78 is 0. The van der Waals surface area contributed by atoms with Gasteiger partial charge in [-0.05, 0) is 30.7 Å². The van der Waals surface area contributed by atoms with Gasteiger partial charge in [0.2, 0.25) is 5.91 Å². The first kappa shape index (κ1) is 17.0. The number of hydrogen-bond acceptors (Lipinski definition) is 3. The largest absolute Gasteiger partial charge is 0.351 e. The average Bonchev–Trinajstić information content (AvgIpc) is 2.56. The maximum atomic E-state index is 12.0. The van der Waals surface area contributed by atoms with Gasteiger partial charge in [0.1, 0.15) is 0 Å². The summed E-state index contributed by atoms with van der Waals surface area (Å²) >= 11 is 5.95. The highest BCUT2D eigenvalue weighted by atomic mass is 35.5. The van der Waals surface area contributed by atoms with E-state index in [-0.39, 0.29) is 30.8 Å². The SMILES string of the molecule is C[C@@H](NC(=O)CCNC(=O)c1ccccc1Cl)c1cccnc1. The van der Waals surface area contributed by atoms with Crippen molar-refractivity contribution < 1.29 is 9.59 Å². The molecular weight excluding hydrogens is 314 g/mol. The molecule has 0 unspecified atom stereocenters. The van der Waals surface area contributed by atoms with Crippen molar-refractivity contribution in [2.45, 2.75) is 19.4 Å². The predicted molar refractivity (Wildman–Crippen MR) is 89.2 cm³/mol. The van der Waals surface area contributed by atoms with E-state index in [1.54, 1.807) is 36.7 Å². The summed E-state index contributed by atoms with van der Waals surface area (Å²) in [6, 6.07) is 10.4. The molecule has 0 aliphatic heterocycles. The second-order valence-electron chi connectivity index (χ2n) is 5.06. The summed E-state index contributed by atoms with van der Waals surface area (Å²) in [5.74, 6) is -0.426. The third-order valence-corrected chi connectivity index (χ3v) is 3.65. The van der Waals surface area contributed by atoms with E-state index < -0.39 is 0 Å². The lowest BCUT2D eigenvalue weighted by atomic mass is 10.1. The number of pyridine rings is 1. The van der Waals surface area contributed by atoms with Crippen LogP contribution < -0.4 is 10.6 Å². The van der Waals surface area contributed by atoms with Crippen LogP contribution >= 0.6 is 11.6 Å². The topological polar surface area (TPSA) is 71.1 Å². The van der Waals surface area contributed by atoms with Crippen molar-refractivity contribution in [3.63, 3.8) is 0 Å². The molecule has 0 aliphatic carbocycles. The minimum absolute atomic E-state index is 0.129. The lowest BCUT2D eigenvalue weighted by Gasteiger charge is -2.14. The zero-order chi connectivity index (χ0) is 16.7. The quantitative estimate of drug-likeness (QED) is 0.855. The van der Waals surface area contributed by atoms with E-state index in [1.165, 1.54) is 0 Å². The van der Waals surface area contributed by atoms with Crippen LogP contribution in [0.15, 0.2) is 48.8 Å². The maximum absolute atomic E-state index is 12.0. The molecule has 6 heteroatoms. The van der Waals surface area contributed by atoms with Crippen molar-refractivity contribution in [3.8, 4) is 0 Å². The van der Waals surface area contributed by atoms with Gasteiger partial charge < -0.3 is 10.6 Å². The summed E-state index contributed by atoms with van der Waals surface area (Å²) in [6.45, 7) is 2.13. The fraction of sp³-hybridized carbons (Fsp3) is 0.235. The Morgan fingerprint density at radius 1 is 1.22 bits per heavy atom. The van der Waals surface area contributed by atoms with Crippen LogP contribution in [0.1, 0.15) is 35.3 Å². The molecule has 5 nitrogen and oxygen atoms in total. The van der Waals surface area contributed by atoms with Gasteiger partial charge >= 0.3 is 0 Å². The van der Waals surface area contributed by atoms with Crippen molar-refractivity contribution in [2.24, 2.45) is 0 Å². The molecule has 1 atom stereocenters. The lowest BCUT2D eigenvalue weighted by Crippen LogP contribution is -2.32. The summed E-state index contributed by atoms with van der Waals surface area (Å²) in [4.78, 5) is 27.9. The fourth-order valence-electron chi connectivity index (χ4n) is 2.06. The zero-order valence-corrected chi connectivity index (χ0v) is 13.5. The molecule has 0 bridgehead atoms. The van der Waals surface area contributed by atoms with E-state index in [2.05, 4.69) is 15.6 Å². The van der Waals surface area contributed by atoms with Gasteiger partial charge in [-0.2, -0.15) is 0 Å². The highest BCUT2D eigenvalue weighted by Gasteiger charge is 2.12. The zero-order valence-electron chi connectivity index (χ0n) is 12.8. The second kappa shape index (κ2) is 8.29. The molecule has 0 aliphatic rings. The number of nitrogens with zero attached hydrogens (tertiary/aromatic N) is 1. The Morgan fingerprint density at radius 3 is 2.70 bits per heavy atom. The molecule has 2 rings (SSSR count). The van der Waals surface area contributed by atoms with Gasteiger partial charge in [0.05, 0.1) is 16.6 Å². The van der Waals surface area contributed by atoms with Crippen molar-refractivity contribution in [1.82, 2.24) is 15.6 Å². The van der Waals surface area contributed by atoms with Gasteiger partial charge in [-0.3, -0.25) is 14.6 Å². The van der Waals surface area contributed by atoms with Gasteiger partial charge in [0.15, 0.2) is 0 Å². The van der Waals surface area contributed by atoms with Crippen LogP contribution in [-0.4, -0.2) is 23.3 Å². The van der Waals surface area contributed by atoms with E-state index in [0.717, 1.165) is 5.56 Å². The van der Waals surface area contributed by atoms with Gasteiger partial charge in [0.25, 0.3) is 5.91 Å². The first-order valence-electron chi connectivity index (χ1n) is 7.30. The molecular formula is C17H18ClN3O2. The molecule has 120 valence electrons. The summed E-state index contributed by atoms with van der Waals surface area (Å²) in [6.07, 6.45) is 3.59. The molecule has 0 fully saturated rings. The highest BCUT2D eigenvalue weighted by molar-refractivity contribution is 6.33. The van der Waals surface area contributed by atoms with Crippen molar-refractivity contribution >= 4 is 23.4 Å². The molecule has 0 saturated heterocycles. The smallest absolute Gasteiger partial charge is 0.252 e. The van der Waals surface area contributed by atoms with E-state index in [0.29, 0.717) is 10.6 Å². The Hall–Kier alpha value is -2.40. The minimum Gasteiger partial charge on any atom is -0.351 e. The van der Waals surface area contributed by atoms with Crippen molar-refractivity contribution in [1.29, 1.82) is 0 Å². The third kappa shape index (κ3) is 5.07. The number of aromatic nitrogens is 1. The molecule has 1 aromatic carbocycles. The number of hydrogen-bond donors (Lipinski definition) is 2. The number of benzene rings is 1. The first-order valence-corrected chi connectivity index (χ1v) is 7.67. The Labute approximate surface area is 140 Å². The lowest BCUT2D eigenvalue weighted by molar-refractivity contribution is -0.121. The van der Waals surface area contributed by atoms with Crippen LogP contribution in [0.2, 0.25) is 5.02 Å². The molecule has 0 radical (unpaired) electrons. The van der Waals surface area contributed by atoms with Gasteiger partial charge in [-0.1, -0.05) is 29.8 Å². The highest BCUT2D eigenvalue weighted by Crippen LogP contribution is 2.14. The minimum atomic E-state index is -0.288. The van der Waals surface area contributed by atoms with Crippen molar-refractivity contribution in [3.05, 3.63) is 64.9 Å². The molecule has 2 N–H and O–H groups in total. The number of nitrogens with one attached hydrogen (secondary N) is 2. The summed E-state index contributed by atoms with van der Waals surface area (Å²) in [5.41, 5.74) is 1.33. The van der Waals surface area contributed by atoms with Crippen LogP contribution in [0.3, 0.4) is 0 Å². The average molecular weight is 332 g/mol. The molecule has 0 saturated carbocycles. The van der Waals surface area contributed by atoms with Crippen LogP contribution in [0, 0.1) is 0 Å². The number of carbonyl (C=O) groups excluding carboxylic acids is 2. The Balaban J connectivity index is 1.77. The third-order valence-electron chi connectivity index (χ3n) is 3.32. The molecule has 2 aromatic rings. The number of amides is 2. The van der Waals surface area contributed by atoms with Crippen LogP contribution in [0.4, 0.5) is 0 Å². The van der Waals surface area contributed by atoms with E-state index in [4.69, 9.17) is 11.6 Å². The van der Waals surface area contributed by atoms with Gasteiger partial charge in [-0.15, -0.1) is 0 Å². The van der Waals surface area contributed by atoms with E-state index in [9.17, 15) is 9.59 Å². The first-order chi connectivity index (χ1) is 11.1. The predicted octanol–water partition coefficient (Wildman–Crippen LogP) is 2.73. The molecule has 1 aromatic heterocycles. The Bertz CT molecular complexity index is 677. The van der Waals surface area contributed by atoms with Crippen LogP contribution in [0.5, 0.6) is 0 Å². The molecule has 0 spiro atoms. The molecule has 1 heterocycles. The van der Waals surface area contributed by atoms with E-state index in [1.807, 2.05) is 19.1 Å². The molecule has 2 amide bonds.